The number of hydrogen-bond donors (Lipinski definition) is 0. The van der Waals surface area contributed by atoms with E-state index in [1.807, 2.05) is 24.8 Å². The van der Waals surface area contributed by atoms with Gasteiger partial charge in [-0.1, -0.05) is 20.4 Å². The molecule has 1 amide bonds. The molecule has 0 radical (unpaired) electrons. The SMILES string of the molecule is C=CC(=O)N1C[C@H](C)N(c2nc(=O)n(-c3c(C)ccnc3C(C)C)c3nc(N4CCCCC4)ccc23)C[C@H]1C. The van der Waals surface area contributed by atoms with Crippen LogP contribution in [-0.2, 0) is 4.79 Å². The van der Waals surface area contributed by atoms with E-state index in [0.29, 0.717) is 24.6 Å². The molecule has 0 unspecified atom stereocenters. The Morgan fingerprint density at radius 1 is 1.05 bits per heavy atom. The van der Waals surface area contributed by atoms with Crippen LogP contribution in [0.5, 0.6) is 0 Å². The second kappa shape index (κ2) is 10.8. The number of nitrogens with zero attached hydrogens (tertiary/aromatic N) is 7. The summed E-state index contributed by atoms with van der Waals surface area (Å²) >= 11 is 0. The van der Waals surface area contributed by atoms with Crippen LogP contribution in [0.15, 0.2) is 41.8 Å². The van der Waals surface area contributed by atoms with Gasteiger partial charge in [-0.25, -0.2) is 14.3 Å². The molecule has 9 heteroatoms. The first-order valence-electron chi connectivity index (χ1n) is 14.1. The minimum absolute atomic E-state index is 0.0378. The number of aromatic nitrogens is 4. The number of anilines is 2. The molecule has 5 heterocycles. The molecule has 39 heavy (non-hydrogen) atoms. The Hall–Kier alpha value is -3.75. The number of carbonyl (C=O) groups is 1. The van der Waals surface area contributed by atoms with Gasteiger partial charge in [-0.3, -0.25) is 9.78 Å². The number of aryl methyl sites for hydroxylation is 1. The molecule has 0 bridgehead atoms. The van der Waals surface area contributed by atoms with Gasteiger partial charge in [0, 0.05) is 44.5 Å². The van der Waals surface area contributed by atoms with Crippen molar-refractivity contribution in [3.05, 3.63) is 58.8 Å². The van der Waals surface area contributed by atoms with E-state index in [1.165, 1.54) is 12.5 Å². The number of carbonyl (C=O) groups excluding carboxylic acids is 1. The Balaban J connectivity index is 1.73. The van der Waals surface area contributed by atoms with Crippen LogP contribution in [-0.4, -0.2) is 68.6 Å². The Morgan fingerprint density at radius 2 is 1.79 bits per heavy atom. The number of piperidine rings is 1. The third-order valence-corrected chi connectivity index (χ3v) is 8.03. The minimum Gasteiger partial charge on any atom is -0.357 e. The second-order valence-electron chi connectivity index (χ2n) is 11.2. The van der Waals surface area contributed by atoms with Crippen LogP contribution in [0.4, 0.5) is 11.6 Å². The summed E-state index contributed by atoms with van der Waals surface area (Å²) in [6, 6.07) is 5.95. The van der Waals surface area contributed by atoms with Gasteiger partial charge in [0.05, 0.1) is 16.8 Å². The van der Waals surface area contributed by atoms with Crippen LogP contribution in [0.2, 0.25) is 0 Å². The number of hydrogen-bond acceptors (Lipinski definition) is 7. The zero-order valence-electron chi connectivity index (χ0n) is 23.7. The molecule has 2 fully saturated rings. The molecular weight excluding hydrogens is 490 g/mol. The van der Waals surface area contributed by atoms with Gasteiger partial charge in [0.1, 0.15) is 11.6 Å². The first-order valence-corrected chi connectivity index (χ1v) is 14.1. The lowest BCUT2D eigenvalue weighted by molar-refractivity contribution is -0.128. The van der Waals surface area contributed by atoms with Gasteiger partial charge in [0.2, 0.25) is 5.91 Å². The van der Waals surface area contributed by atoms with Crippen molar-refractivity contribution >= 4 is 28.6 Å². The molecular formula is C30H39N7O2. The van der Waals surface area contributed by atoms with Crippen LogP contribution in [0.3, 0.4) is 0 Å². The quantitative estimate of drug-likeness (QED) is 0.458. The molecule has 206 valence electrons. The summed E-state index contributed by atoms with van der Waals surface area (Å²) in [5.41, 5.74) is 2.78. The molecule has 2 aliphatic heterocycles. The molecule has 3 aromatic rings. The summed E-state index contributed by atoms with van der Waals surface area (Å²) in [4.78, 5) is 47.2. The molecule has 0 N–H and O–H groups in total. The highest BCUT2D eigenvalue weighted by Gasteiger charge is 2.34. The Morgan fingerprint density at radius 3 is 2.49 bits per heavy atom. The van der Waals surface area contributed by atoms with Crippen LogP contribution in [0.1, 0.15) is 64.1 Å². The Labute approximate surface area is 230 Å². The molecule has 9 nitrogen and oxygen atoms in total. The average molecular weight is 530 g/mol. The highest BCUT2D eigenvalue weighted by Crippen LogP contribution is 2.32. The maximum absolute atomic E-state index is 14.0. The van der Waals surface area contributed by atoms with Crippen LogP contribution < -0.4 is 15.5 Å². The van der Waals surface area contributed by atoms with E-state index < -0.39 is 0 Å². The van der Waals surface area contributed by atoms with Crippen molar-refractivity contribution in [3.63, 3.8) is 0 Å². The summed E-state index contributed by atoms with van der Waals surface area (Å²) < 4.78 is 1.66. The minimum atomic E-state index is -0.372. The van der Waals surface area contributed by atoms with Crippen LogP contribution >= 0.6 is 0 Å². The Bertz CT molecular complexity index is 1460. The average Bonchev–Trinajstić information content (AvgIpc) is 2.93. The molecule has 0 aliphatic carbocycles. The van der Waals surface area contributed by atoms with Gasteiger partial charge in [-0.05, 0) is 75.8 Å². The van der Waals surface area contributed by atoms with Crippen molar-refractivity contribution < 1.29 is 4.79 Å². The first kappa shape index (κ1) is 26.8. The highest BCUT2D eigenvalue weighted by atomic mass is 16.2. The van der Waals surface area contributed by atoms with E-state index in [0.717, 1.165) is 54.1 Å². The van der Waals surface area contributed by atoms with E-state index in [1.54, 1.807) is 10.8 Å². The Kier molecular flexibility index (Phi) is 7.42. The van der Waals surface area contributed by atoms with Gasteiger partial charge < -0.3 is 14.7 Å². The molecule has 0 spiro atoms. The van der Waals surface area contributed by atoms with Gasteiger partial charge in [-0.2, -0.15) is 4.98 Å². The molecule has 3 aromatic heterocycles. The van der Waals surface area contributed by atoms with E-state index in [-0.39, 0.29) is 29.6 Å². The van der Waals surface area contributed by atoms with E-state index >= 15 is 0 Å². The summed E-state index contributed by atoms with van der Waals surface area (Å²) in [5, 5.41) is 0.816. The fourth-order valence-electron chi connectivity index (χ4n) is 5.93. The molecule has 2 aliphatic rings. The predicted octanol–water partition coefficient (Wildman–Crippen LogP) is 4.21. The number of amides is 1. The van der Waals surface area contributed by atoms with E-state index in [2.05, 4.69) is 59.3 Å². The molecule has 0 aromatic carbocycles. The maximum atomic E-state index is 14.0. The van der Waals surface area contributed by atoms with Crippen molar-refractivity contribution in [2.24, 2.45) is 0 Å². The zero-order chi connectivity index (χ0) is 27.8. The number of pyridine rings is 2. The van der Waals surface area contributed by atoms with Gasteiger partial charge in [0.15, 0.2) is 5.65 Å². The van der Waals surface area contributed by atoms with Crippen LogP contribution in [0.25, 0.3) is 16.7 Å². The fraction of sp³-hybridized carbons (Fsp3) is 0.500. The molecule has 2 saturated heterocycles. The van der Waals surface area contributed by atoms with Gasteiger partial charge in [-0.15, -0.1) is 0 Å². The van der Waals surface area contributed by atoms with E-state index in [9.17, 15) is 9.59 Å². The van der Waals surface area contributed by atoms with Crippen molar-refractivity contribution in [3.8, 4) is 5.69 Å². The van der Waals surface area contributed by atoms with Crippen molar-refractivity contribution in [1.82, 2.24) is 24.4 Å². The third kappa shape index (κ3) is 4.90. The highest BCUT2D eigenvalue weighted by molar-refractivity contribution is 5.90. The lowest BCUT2D eigenvalue weighted by atomic mass is 10.0. The van der Waals surface area contributed by atoms with Crippen molar-refractivity contribution in [1.29, 1.82) is 0 Å². The van der Waals surface area contributed by atoms with Crippen molar-refractivity contribution in [2.75, 3.05) is 36.0 Å². The van der Waals surface area contributed by atoms with Gasteiger partial charge >= 0.3 is 5.69 Å². The lowest BCUT2D eigenvalue weighted by Gasteiger charge is -2.44. The zero-order valence-corrected chi connectivity index (χ0v) is 23.7. The smallest absolute Gasteiger partial charge is 0.355 e. The van der Waals surface area contributed by atoms with E-state index in [4.69, 9.17) is 4.98 Å². The summed E-state index contributed by atoms with van der Waals surface area (Å²) in [6.07, 6.45) is 6.66. The number of fused-ring (bicyclic) bond motifs is 1. The largest absolute Gasteiger partial charge is 0.357 e. The topological polar surface area (TPSA) is 87.5 Å². The van der Waals surface area contributed by atoms with Crippen molar-refractivity contribution in [2.45, 2.75) is 71.9 Å². The molecule has 2 atom stereocenters. The normalized spacial score (nSPS) is 20.1. The third-order valence-electron chi connectivity index (χ3n) is 8.03. The number of piperazine rings is 1. The molecule has 0 saturated carbocycles. The van der Waals surface area contributed by atoms with Gasteiger partial charge in [0.25, 0.3) is 0 Å². The monoisotopic (exact) mass is 529 g/mol. The maximum Gasteiger partial charge on any atom is 0.355 e. The molecule has 5 rings (SSSR count). The standard InChI is InChI=1S/C30H39N7O2/c1-7-25(38)35-17-22(6)36(18-21(35)5)28-23-11-12-24(34-15-9-8-10-16-34)32-29(23)37(30(39)33-28)27-20(4)13-14-31-26(27)19(2)3/h7,11-14,19,21-22H,1,8-10,15-18H2,2-6H3/t21-,22+/m1/s1. The van der Waals surface area contributed by atoms with Crippen LogP contribution in [0, 0.1) is 6.92 Å². The summed E-state index contributed by atoms with van der Waals surface area (Å²) in [5.74, 6) is 1.52. The predicted molar refractivity (Wildman–Crippen MR) is 156 cm³/mol. The first-order chi connectivity index (χ1) is 18.7. The number of rotatable bonds is 5. The summed E-state index contributed by atoms with van der Waals surface area (Å²) in [6.45, 7) is 16.9. The second-order valence-corrected chi connectivity index (χ2v) is 11.2. The fourth-order valence-corrected chi connectivity index (χ4v) is 5.93. The lowest BCUT2D eigenvalue weighted by Crippen LogP contribution is -2.58. The summed E-state index contributed by atoms with van der Waals surface area (Å²) in [7, 11) is 0.